The zero-order chi connectivity index (χ0) is 11.6. The molecule has 0 spiro atoms. The third-order valence-corrected chi connectivity index (χ3v) is 2.01. The molecule has 0 aromatic carbocycles. The summed E-state index contributed by atoms with van der Waals surface area (Å²) in [6.45, 7) is 2.21. The van der Waals surface area contributed by atoms with E-state index in [9.17, 15) is 13.2 Å². The fraction of sp³-hybridized carbons (Fsp3) is 0.833. The maximum absolute atomic E-state index is 10.6. The predicted molar refractivity (Wildman–Crippen MR) is 45.0 cm³/mol. The van der Waals surface area contributed by atoms with Crippen molar-refractivity contribution in [3.8, 4) is 0 Å². The van der Waals surface area contributed by atoms with E-state index in [1.807, 2.05) is 0 Å². The van der Waals surface area contributed by atoms with Crippen molar-refractivity contribution in [2.45, 2.75) is 32.0 Å². The van der Waals surface area contributed by atoms with E-state index >= 15 is 0 Å². The molecular formula is C6H12O7S. The van der Waals surface area contributed by atoms with Crippen LogP contribution in [0.5, 0.6) is 0 Å². The highest BCUT2D eigenvalue weighted by atomic mass is 32.3. The highest BCUT2D eigenvalue weighted by Crippen LogP contribution is 2.20. The van der Waals surface area contributed by atoms with Crippen molar-refractivity contribution in [2.24, 2.45) is 0 Å². The van der Waals surface area contributed by atoms with Gasteiger partial charge in [-0.3, -0.25) is 4.55 Å². The van der Waals surface area contributed by atoms with Gasteiger partial charge in [0, 0.05) is 6.42 Å². The first-order valence-corrected chi connectivity index (χ1v) is 5.03. The van der Waals surface area contributed by atoms with Gasteiger partial charge in [-0.05, 0) is 13.8 Å². The summed E-state index contributed by atoms with van der Waals surface area (Å²) in [5.74, 6) is -1.59. The second kappa shape index (κ2) is 4.22. The van der Waals surface area contributed by atoms with E-state index in [0.717, 1.165) is 6.92 Å². The molecule has 0 saturated carbocycles. The van der Waals surface area contributed by atoms with Gasteiger partial charge in [0.25, 0.3) is 0 Å². The first-order valence-electron chi connectivity index (χ1n) is 3.66. The number of carboxylic acid groups (broad SMARTS) is 1. The van der Waals surface area contributed by atoms with Crippen LogP contribution >= 0.6 is 0 Å². The second-order valence-electron chi connectivity index (χ2n) is 3.10. The van der Waals surface area contributed by atoms with E-state index in [4.69, 9.17) is 14.8 Å². The number of aliphatic carboxylic acids is 1. The molecule has 8 heteroatoms. The molecule has 0 aromatic rings. The van der Waals surface area contributed by atoms with Crippen LogP contribution in [0.2, 0.25) is 0 Å². The Morgan fingerprint density at radius 1 is 1.57 bits per heavy atom. The third kappa shape index (κ3) is 4.51. The van der Waals surface area contributed by atoms with E-state index < -0.39 is 34.5 Å². The quantitative estimate of drug-likeness (QED) is 0.538. The van der Waals surface area contributed by atoms with Crippen molar-refractivity contribution in [2.75, 3.05) is 0 Å². The van der Waals surface area contributed by atoms with E-state index in [0.29, 0.717) is 0 Å². The van der Waals surface area contributed by atoms with Crippen LogP contribution < -0.4 is 0 Å². The zero-order valence-corrected chi connectivity index (χ0v) is 8.48. The second-order valence-corrected chi connectivity index (χ2v) is 4.12. The van der Waals surface area contributed by atoms with Gasteiger partial charge in [0.2, 0.25) is 0 Å². The molecule has 0 saturated heterocycles. The molecule has 0 rings (SSSR count). The maximum atomic E-state index is 10.6. The van der Waals surface area contributed by atoms with E-state index in [-0.39, 0.29) is 0 Å². The van der Waals surface area contributed by atoms with Gasteiger partial charge in [-0.2, -0.15) is 8.42 Å². The van der Waals surface area contributed by atoms with E-state index in [1.54, 1.807) is 0 Å². The minimum atomic E-state index is -4.86. The first-order chi connectivity index (χ1) is 6.07. The van der Waals surface area contributed by atoms with Gasteiger partial charge >= 0.3 is 16.4 Å². The van der Waals surface area contributed by atoms with Crippen LogP contribution in [-0.2, 0) is 19.4 Å². The van der Waals surface area contributed by atoms with Crippen LogP contribution in [0.4, 0.5) is 0 Å². The Labute approximate surface area is 81.3 Å². The normalized spacial score (nSPS) is 18.6. The number of rotatable bonds is 5. The van der Waals surface area contributed by atoms with Crippen molar-refractivity contribution in [1.82, 2.24) is 0 Å². The van der Waals surface area contributed by atoms with Crippen molar-refractivity contribution < 1.29 is 32.2 Å². The summed E-state index contributed by atoms with van der Waals surface area (Å²) in [7, 11) is -4.86. The standard InChI is InChI=1S/C6H12O7S/c1-4(7)3-6(2,5(8)9)13-14(10,11)12/h4,7H,3H2,1-2H3,(H,8,9)(H,10,11,12). The Morgan fingerprint density at radius 2 is 2.00 bits per heavy atom. The molecule has 3 N–H and O–H groups in total. The summed E-state index contributed by atoms with van der Waals surface area (Å²) in [5.41, 5.74) is -2.16. The smallest absolute Gasteiger partial charge is 0.398 e. The molecule has 2 unspecified atom stereocenters. The number of carbonyl (C=O) groups is 1. The summed E-state index contributed by atoms with van der Waals surface area (Å²) in [5, 5.41) is 17.5. The molecule has 0 heterocycles. The predicted octanol–water partition coefficient (Wildman–Crippen LogP) is -0.580. The van der Waals surface area contributed by atoms with Crippen LogP contribution in [0.25, 0.3) is 0 Å². The molecule has 0 aliphatic heterocycles. The van der Waals surface area contributed by atoms with Crippen LogP contribution in [0.3, 0.4) is 0 Å². The van der Waals surface area contributed by atoms with Gasteiger partial charge in [-0.25, -0.2) is 8.98 Å². The lowest BCUT2D eigenvalue weighted by atomic mass is 10.00. The Hall–Kier alpha value is -0.700. The lowest BCUT2D eigenvalue weighted by Gasteiger charge is -2.23. The van der Waals surface area contributed by atoms with E-state index in [1.165, 1.54) is 6.92 Å². The molecule has 0 radical (unpaired) electrons. The minimum Gasteiger partial charge on any atom is -0.479 e. The Balaban J connectivity index is 4.83. The average Bonchev–Trinajstić information content (AvgIpc) is 1.79. The molecule has 14 heavy (non-hydrogen) atoms. The Bertz CT molecular complexity index is 306. The molecule has 7 nitrogen and oxygen atoms in total. The maximum Gasteiger partial charge on any atom is 0.398 e. The molecule has 0 amide bonds. The first kappa shape index (κ1) is 13.3. The zero-order valence-electron chi connectivity index (χ0n) is 7.67. The van der Waals surface area contributed by atoms with E-state index in [2.05, 4.69) is 4.18 Å². The number of hydrogen-bond acceptors (Lipinski definition) is 5. The summed E-state index contributed by atoms with van der Waals surface area (Å²) < 4.78 is 32.9. The van der Waals surface area contributed by atoms with Gasteiger partial charge in [0.05, 0.1) is 6.10 Å². The summed E-state index contributed by atoms with van der Waals surface area (Å²) in [4.78, 5) is 10.6. The molecule has 0 aromatic heterocycles. The van der Waals surface area contributed by atoms with Gasteiger partial charge in [-0.15, -0.1) is 0 Å². The molecule has 0 fully saturated rings. The molecule has 0 aliphatic rings. The van der Waals surface area contributed by atoms with Crippen molar-refractivity contribution in [3.05, 3.63) is 0 Å². The molecular weight excluding hydrogens is 216 g/mol. The Kier molecular flexibility index (Phi) is 4.01. The molecule has 2 atom stereocenters. The topological polar surface area (TPSA) is 121 Å². The van der Waals surface area contributed by atoms with Gasteiger partial charge in [-0.1, -0.05) is 0 Å². The summed E-state index contributed by atoms with van der Waals surface area (Å²) in [6.07, 6.45) is -1.53. The van der Waals surface area contributed by atoms with Crippen LogP contribution in [-0.4, -0.2) is 40.9 Å². The van der Waals surface area contributed by atoms with Crippen molar-refractivity contribution in [3.63, 3.8) is 0 Å². The lowest BCUT2D eigenvalue weighted by molar-refractivity contribution is -0.156. The highest BCUT2D eigenvalue weighted by molar-refractivity contribution is 7.81. The third-order valence-electron chi connectivity index (χ3n) is 1.43. The summed E-state index contributed by atoms with van der Waals surface area (Å²) >= 11 is 0. The number of carboxylic acids is 1. The fourth-order valence-electron chi connectivity index (χ4n) is 0.953. The highest BCUT2D eigenvalue weighted by Gasteiger charge is 2.40. The van der Waals surface area contributed by atoms with Gasteiger partial charge < -0.3 is 10.2 Å². The van der Waals surface area contributed by atoms with Crippen LogP contribution in [0.15, 0.2) is 0 Å². The molecule has 0 bridgehead atoms. The van der Waals surface area contributed by atoms with Crippen molar-refractivity contribution >= 4 is 16.4 Å². The minimum absolute atomic E-state index is 0.456. The van der Waals surface area contributed by atoms with Gasteiger partial charge in [0.15, 0.2) is 5.60 Å². The number of aliphatic hydroxyl groups excluding tert-OH is 1. The molecule has 84 valence electrons. The monoisotopic (exact) mass is 228 g/mol. The number of hydrogen-bond donors (Lipinski definition) is 3. The molecule has 0 aliphatic carbocycles. The Morgan fingerprint density at radius 3 is 2.21 bits per heavy atom. The average molecular weight is 228 g/mol. The van der Waals surface area contributed by atoms with Crippen LogP contribution in [0, 0.1) is 0 Å². The SMILES string of the molecule is CC(O)CC(C)(OS(=O)(=O)O)C(=O)O. The largest absolute Gasteiger partial charge is 0.479 e. The van der Waals surface area contributed by atoms with Crippen LogP contribution in [0.1, 0.15) is 20.3 Å². The van der Waals surface area contributed by atoms with Crippen molar-refractivity contribution in [1.29, 1.82) is 0 Å². The number of aliphatic hydroxyl groups is 1. The summed E-state index contributed by atoms with van der Waals surface area (Å²) in [6, 6.07) is 0. The van der Waals surface area contributed by atoms with Gasteiger partial charge in [0.1, 0.15) is 0 Å². The lowest BCUT2D eigenvalue weighted by Crippen LogP contribution is -2.42. The fourth-order valence-corrected chi connectivity index (χ4v) is 1.56.